The molecule has 1 amide bonds. The van der Waals surface area contributed by atoms with E-state index in [0.29, 0.717) is 42.1 Å². The second kappa shape index (κ2) is 10.4. The number of fused-ring (bicyclic) bond motifs is 1. The van der Waals surface area contributed by atoms with Gasteiger partial charge in [-0.1, -0.05) is 35.9 Å². The highest BCUT2D eigenvalue weighted by Gasteiger charge is 2.32. The average molecular weight is 483 g/mol. The van der Waals surface area contributed by atoms with Crippen molar-refractivity contribution in [2.45, 2.75) is 26.4 Å². The molecule has 0 spiro atoms. The molecule has 1 unspecified atom stereocenters. The Kier molecular flexibility index (Phi) is 7.29. The van der Waals surface area contributed by atoms with Crippen LogP contribution in [0.1, 0.15) is 24.1 Å². The summed E-state index contributed by atoms with van der Waals surface area (Å²) in [5.74, 6) is -0.483. The molecule has 34 heavy (non-hydrogen) atoms. The van der Waals surface area contributed by atoms with Crippen molar-refractivity contribution in [1.82, 2.24) is 19.4 Å². The lowest BCUT2D eigenvalue weighted by molar-refractivity contribution is -0.151. The van der Waals surface area contributed by atoms with Gasteiger partial charge >= 0.3 is 5.97 Å². The number of nitrogens with zero attached hydrogens (tertiary/aromatic N) is 4. The molecule has 0 radical (unpaired) electrons. The van der Waals surface area contributed by atoms with Gasteiger partial charge in [-0.3, -0.25) is 19.1 Å². The highest BCUT2D eigenvalue weighted by molar-refractivity contribution is 6.30. The summed E-state index contributed by atoms with van der Waals surface area (Å²) in [6.07, 6.45) is 1.43. The van der Waals surface area contributed by atoms with Gasteiger partial charge in [0.05, 0.1) is 23.8 Å². The van der Waals surface area contributed by atoms with Gasteiger partial charge in [0.15, 0.2) is 0 Å². The Bertz CT molecular complexity index is 1250. The van der Waals surface area contributed by atoms with Crippen molar-refractivity contribution in [3.8, 4) is 0 Å². The van der Waals surface area contributed by atoms with Gasteiger partial charge in [-0.2, -0.15) is 0 Å². The lowest BCUT2D eigenvalue weighted by atomic mass is 10.0. The lowest BCUT2D eigenvalue weighted by Crippen LogP contribution is -2.52. The number of aromatic nitrogens is 2. The van der Waals surface area contributed by atoms with Gasteiger partial charge in [-0.25, -0.2) is 9.78 Å². The summed E-state index contributed by atoms with van der Waals surface area (Å²) in [6, 6.07) is 12.0. The molecule has 0 aliphatic carbocycles. The fourth-order valence-corrected chi connectivity index (χ4v) is 4.41. The maximum Gasteiger partial charge on any atom is 0.328 e. The molecule has 4 rings (SSSR count). The predicted octanol–water partition coefficient (Wildman–Crippen LogP) is 2.81. The molecule has 8 nitrogen and oxygen atoms in total. The third kappa shape index (κ3) is 4.98. The van der Waals surface area contributed by atoms with Crippen LogP contribution in [0.5, 0.6) is 0 Å². The van der Waals surface area contributed by atoms with Crippen molar-refractivity contribution in [2.24, 2.45) is 0 Å². The van der Waals surface area contributed by atoms with Gasteiger partial charge in [0, 0.05) is 31.2 Å². The molecule has 1 aliphatic rings. The van der Waals surface area contributed by atoms with E-state index < -0.39 is 6.04 Å². The van der Waals surface area contributed by atoms with Gasteiger partial charge in [-0.15, -0.1) is 0 Å². The standard InChI is InChI=1S/C25H27ClN4O4/c1-3-34-25(33)23(18-7-9-19(26)10-8-18)29-13-11-28(12-14-29)21(31)15-30-16-27-22-17(2)5-4-6-20(22)24(30)32/h4-10,16,23H,3,11-15H2,1-2H3. The summed E-state index contributed by atoms with van der Waals surface area (Å²) in [6.45, 7) is 5.78. The molecule has 2 aromatic carbocycles. The number of piperazine rings is 1. The number of esters is 1. The van der Waals surface area contributed by atoms with E-state index in [0.717, 1.165) is 11.1 Å². The highest BCUT2D eigenvalue weighted by atomic mass is 35.5. The molecule has 1 saturated heterocycles. The molecule has 178 valence electrons. The topological polar surface area (TPSA) is 84.7 Å². The van der Waals surface area contributed by atoms with E-state index in [4.69, 9.17) is 16.3 Å². The largest absolute Gasteiger partial charge is 0.465 e. The fraction of sp³-hybridized carbons (Fsp3) is 0.360. The summed E-state index contributed by atoms with van der Waals surface area (Å²) in [7, 11) is 0. The zero-order valence-electron chi connectivity index (χ0n) is 19.2. The number of carbonyl (C=O) groups is 2. The van der Waals surface area contributed by atoms with Crippen LogP contribution in [0.3, 0.4) is 0 Å². The van der Waals surface area contributed by atoms with Gasteiger partial charge in [0.1, 0.15) is 12.6 Å². The van der Waals surface area contributed by atoms with Crippen molar-refractivity contribution in [1.29, 1.82) is 0 Å². The number of aryl methyl sites for hydroxylation is 1. The molecule has 1 fully saturated rings. The number of hydrogen-bond donors (Lipinski definition) is 0. The van der Waals surface area contributed by atoms with Crippen LogP contribution in [0.2, 0.25) is 5.02 Å². The minimum atomic E-state index is -0.565. The van der Waals surface area contributed by atoms with Gasteiger partial charge in [0.2, 0.25) is 5.91 Å². The summed E-state index contributed by atoms with van der Waals surface area (Å²) in [5, 5.41) is 1.09. The van der Waals surface area contributed by atoms with Crippen molar-refractivity contribution in [3.05, 3.63) is 75.3 Å². The van der Waals surface area contributed by atoms with Crippen molar-refractivity contribution >= 4 is 34.4 Å². The quantitative estimate of drug-likeness (QED) is 0.502. The van der Waals surface area contributed by atoms with Crippen LogP contribution in [0.4, 0.5) is 0 Å². The number of rotatable bonds is 6. The Labute approximate surface area is 202 Å². The van der Waals surface area contributed by atoms with Crippen LogP contribution >= 0.6 is 11.6 Å². The van der Waals surface area contributed by atoms with E-state index >= 15 is 0 Å². The van der Waals surface area contributed by atoms with Gasteiger partial charge < -0.3 is 9.64 Å². The summed E-state index contributed by atoms with van der Waals surface area (Å²) in [5.41, 5.74) is 2.13. The Morgan fingerprint density at radius 2 is 1.79 bits per heavy atom. The molecular formula is C25H27ClN4O4. The van der Waals surface area contributed by atoms with E-state index in [-0.39, 0.29) is 30.6 Å². The SMILES string of the molecule is CCOC(=O)C(c1ccc(Cl)cc1)N1CCN(C(=O)Cn2cnc3c(C)cccc3c2=O)CC1. The first kappa shape index (κ1) is 23.9. The molecule has 1 aromatic heterocycles. The molecule has 3 aromatic rings. The minimum absolute atomic E-state index is 0.0752. The van der Waals surface area contributed by atoms with Crippen LogP contribution in [-0.2, 0) is 20.9 Å². The first-order valence-corrected chi connectivity index (χ1v) is 11.7. The number of carbonyl (C=O) groups excluding carboxylic acids is 2. The Hall–Kier alpha value is -3.23. The van der Waals surface area contributed by atoms with E-state index in [2.05, 4.69) is 4.98 Å². The average Bonchev–Trinajstić information content (AvgIpc) is 2.83. The Morgan fingerprint density at radius 1 is 1.09 bits per heavy atom. The fourth-order valence-electron chi connectivity index (χ4n) is 4.29. The van der Waals surface area contributed by atoms with Gasteiger partial charge in [0.25, 0.3) is 5.56 Å². The summed E-state index contributed by atoms with van der Waals surface area (Å²) >= 11 is 6.01. The second-order valence-corrected chi connectivity index (χ2v) is 8.71. The zero-order valence-corrected chi connectivity index (χ0v) is 20.0. The van der Waals surface area contributed by atoms with Crippen LogP contribution < -0.4 is 5.56 Å². The molecule has 1 aliphatic heterocycles. The Balaban J connectivity index is 1.45. The van der Waals surface area contributed by atoms with Crippen LogP contribution in [0.15, 0.2) is 53.6 Å². The highest BCUT2D eigenvalue weighted by Crippen LogP contribution is 2.25. The molecule has 9 heteroatoms. The third-order valence-corrected chi connectivity index (χ3v) is 6.34. The first-order chi connectivity index (χ1) is 16.4. The Morgan fingerprint density at radius 3 is 2.47 bits per heavy atom. The normalized spacial score (nSPS) is 15.3. The van der Waals surface area contributed by atoms with E-state index in [9.17, 15) is 14.4 Å². The van der Waals surface area contributed by atoms with Crippen LogP contribution in [-0.4, -0.2) is 64.0 Å². The molecule has 2 heterocycles. The smallest absolute Gasteiger partial charge is 0.328 e. The number of benzene rings is 2. The summed E-state index contributed by atoms with van der Waals surface area (Å²) in [4.78, 5) is 46.6. The zero-order chi connectivity index (χ0) is 24.2. The second-order valence-electron chi connectivity index (χ2n) is 8.27. The molecule has 0 saturated carbocycles. The lowest BCUT2D eigenvalue weighted by Gasteiger charge is -2.38. The van der Waals surface area contributed by atoms with E-state index in [1.165, 1.54) is 10.9 Å². The van der Waals surface area contributed by atoms with Crippen molar-refractivity contribution in [2.75, 3.05) is 32.8 Å². The first-order valence-electron chi connectivity index (χ1n) is 11.3. The van der Waals surface area contributed by atoms with Crippen LogP contribution in [0, 0.1) is 6.92 Å². The number of ether oxygens (including phenoxy) is 1. The monoisotopic (exact) mass is 482 g/mol. The molecular weight excluding hydrogens is 456 g/mol. The van der Waals surface area contributed by atoms with E-state index in [1.807, 2.05) is 36.1 Å². The van der Waals surface area contributed by atoms with Gasteiger partial charge in [-0.05, 0) is 43.2 Å². The maximum absolute atomic E-state index is 13.0. The number of hydrogen-bond acceptors (Lipinski definition) is 6. The minimum Gasteiger partial charge on any atom is -0.465 e. The van der Waals surface area contributed by atoms with Crippen molar-refractivity contribution < 1.29 is 14.3 Å². The van der Waals surface area contributed by atoms with Crippen LogP contribution in [0.25, 0.3) is 10.9 Å². The number of para-hydroxylation sites is 1. The summed E-state index contributed by atoms with van der Waals surface area (Å²) < 4.78 is 6.67. The maximum atomic E-state index is 13.0. The predicted molar refractivity (Wildman–Crippen MR) is 130 cm³/mol. The number of amides is 1. The third-order valence-electron chi connectivity index (χ3n) is 6.09. The number of halogens is 1. The van der Waals surface area contributed by atoms with E-state index in [1.54, 1.807) is 30.0 Å². The molecule has 0 bridgehead atoms. The molecule has 0 N–H and O–H groups in total. The molecule has 1 atom stereocenters. The van der Waals surface area contributed by atoms with Crippen molar-refractivity contribution in [3.63, 3.8) is 0 Å².